The van der Waals surface area contributed by atoms with Crippen molar-refractivity contribution in [3.8, 4) is 28.4 Å². The molecule has 0 radical (unpaired) electrons. The van der Waals surface area contributed by atoms with Crippen LogP contribution < -0.4 is 14.2 Å². The standard InChI is InChI=1S/C41H42O7/c1-25-19-27(7-5-8-31-23-45-31)10-14-33(25)39(42)47-29-12-16-35-36-17-13-30(22-38(36)41(3,4)37(35)21-29)48-40(43)34-15-11-28(20-26(34)2)44-18-6-9-32-24-46-32/h10-17,19-22,31-32H,5-9,18,23-24H2,1-4H3. The Hall–Kier alpha value is -4.46. The van der Waals surface area contributed by atoms with E-state index in [2.05, 4.69) is 19.9 Å². The van der Waals surface area contributed by atoms with E-state index < -0.39 is 11.4 Å². The Kier molecular flexibility index (Phi) is 8.84. The monoisotopic (exact) mass is 646 g/mol. The molecule has 4 aromatic rings. The number of rotatable bonds is 13. The quantitative estimate of drug-likeness (QED) is 0.0625. The highest BCUT2D eigenvalue weighted by atomic mass is 16.6. The number of esters is 2. The van der Waals surface area contributed by atoms with Crippen LogP contribution >= 0.6 is 0 Å². The number of hydrogen-bond donors (Lipinski definition) is 0. The predicted octanol–water partition coefficient (Wildman–Crippen LogP) is 8.33. The highest BCUT2D eigenvalue weighted by Gasteiger charge is 2.36. The van der Waals surface area contributed by atoms with Crippen molar-refractivity contribution in [1.29, 1.82) is 0 Å². The van der Waals surface area contributed by atoms with Crippen LogP contribution in [0.3, 0.4) is 0 Å². The number of carbonyl (C=O) groups is 2. The Morgan fingerprint density at radius 2 is 1.21 bits per heavy atom. The van der Waals surface area contributed by atoms with Gasteiger partial charge in [-0.15, -0.1) is 0 Å². The van der Waals surface area contributed by atoms with Gasteiger partial charge in [0.2, 0.25) is 0 Å². The van der Waals surface area contributed by atoms with Gasteiger partial charge >= 0.3 is 11.9 Å². The van der Waals surface area contributed by atoms with Crippen LogP contribution in [0.4, 0.5) is 0 Å². The molecule has 4 aromatic carbocycles. The van der Waals surface area contributed by atoms with E-state index in [4.69, 9.17) is 23.7 Å². The highest BCUT2D eigenvalue weighted by molar-refractivity contribution is 5.94. The molecule has 7 heteroatoms. The average Bonchev–Trinajstić information content (AvgIpc) is 4.00. The van der Waals surface area contributed by atoms with Crippen molar-refractivity contribution in [2.24, 2.45) is 0 Å². The second kappa shape index (κ2) is 13.2. The molecule has 2 saturated heterocycles. The molecular weight excluding hydrogens is 604 g/mol. The summed E-state index contributed by atoms with van der Waals surface area (Å²) in [6.07, 6.45) is 5.90. The van der Waals surface area contributed by atoms with Crippen molar-refractivity contribution in [3.63, 3.8) is 0 Å². The zero-order valence-corrected chi connectivity index (χ0v) is 28.1. The lowest BCUT2D eigenvalue weighted by molar-refractivity contribution is 0.0724. The first-order valence-corrected chi connectivity index (χ1v) is 17.0. The van der Waals surface area contributed by atoms with Gasteiger partial charge in [-0.05, 0) is 133 Å². The van der Waals surface area contributed by atoms with Crippen LogP contribution in [0.1, 0.15) is 88.1 Å². The average molecular weight is 647 g/mol. The first-order valence-electron chi connectivity index (χ1n) is 17.0. The summed E-state index contributed by atoms with van der Waals surface area (Å²) in [5, 5.41) is 0. The lowest BCUT2D eigenvalue weighted by Crippen LogP contribution is -2.16. The van der Waals surface area contributed by atoms with E-state index in [1.807, 2.05) is 74.5 Å². The van der Waals surface area contributed by atoms with Gasteiger partial charge in [-0.2, -0.15) is 0 Å². The van der Waals surface area contributed by atoms with E-state index in [0.717, 1.165) is 84.4 Å². The molecule has 2 heterocycles. The second-order valence-corrected chi connectivity index (χ2v) is 13.7. The van der Waals surface area contributed by atoms with Crippen LogP contribution in [0.15, 0.2) is 72.8 Å². The van der Waals surface area contributed by atoms with Crippen LogP contribution in [-0.4, -0.2) is 44.0 Å². The van der Waals surface area contributed by atoms with E-state index in [1.165, 1.54) is 5.56 Å². The summed E-state index contributed by atoms with van der Waals surface area (Å²) in [5.74, 6) is 0.934. The maximum Gasteiger partial charge on any atom is 0.343 e. The van der Waals surface area contributed by atoms with Gasteiger partial charge in [-0.1, -0.05) is 38.1 Å². The molecule has 7 nitrogen and oxygen atoms in total. The molecular formula is C41H42O7. The van der Waals surface area contributed by atoms with Gasteiger partial charge < -0.3 is 23.7 Å². The summed E-state index contributed by atoms with van der Waals surface area (Å²) in [5.41, 5.74) is 7.81. The predicted molar refractivity (Wildman–Crippen MR) is 183 cm³/mol. The Balaban J connectivity index is 1.00. The van der Waals surface area contributed by atoms with Gasteiger partial charge in [0.25, 0.3) is 0 Å². The summed E-state index contributed by atoms with van der Waals surface area (Å²) in [6.45, 7) is 10.5. The minimum atomic E-state index is -0.413. The van der Waals surface area contributed by atoms with E-state index in [9.17, 15) is 9.59 Å². The summed E-state index contributed by atoms with van der Waals surface area (Å²) >= 11 is 0. The largest absolute Gasteiger partial charge is 0.494 e. The van der Waals surface area contributed by atoms with Crippen molar-refractivity contribution in [2.75, 3.05) is 19.8 Å². The third-order valence-electron chi connectivity index (χ3n) is 9.70. The Morgan fingerprint density at radius 3 is 1.75 bits per heavy atom. The van der Waals surface area contributed by atoms with Crippen molar-refractivity contribution in [2.45, 2.75) is 77.4 Å². The lowest BCUT2D eigenvalue weighted by atomic mass is 9.82. The van der Waals surface area contributed by atoms with E-state index in [-0.39, 0.29) is 5.97 Å². The Bertz CT molecular complexity index is 1870. The van der Waals surface area contributed by atoms with Crippen molar-refractivity contribution >= 4 is 11.9 Å². The first kappa shape index (κ1) is 32.1. The number of hydrogen-bond acceptors (Lipinski definition) is 7. The molecule has 0 aromatic heterocycles. The topological polar surface area (TPSA) is 86.9 Å². The number of aryl methyl sites for hydroxylation is 3. The maximum absolute atomic E-state index is 13.2. The molecule has 2 unspecified atom stereocenters. The van der Waals surface area contributed by atoms with Crippen LogP contribution in [0.5, 0.6) is 17.2 Å². The normalized spacial score (nSPS) is 18.1. The van der Waals surface area contributed by atoms with E-state index in [1.54, 1.807) is 6.07 Å². The van der Waals surface area contributed by atoms with Crippen molar-refractivity contribution < 1.29 is 33.3 Å². The summed E-state index contributed by atoms with van der Waals surface area (Å²) in [6, 6.07) is 23.0. The number of benzene rings is 4. The van der Waals surface area contributed by atoms with Crippen LogP contribution in [0.25, 0.3) is 11.1 Å². The fourth-order valence-electron chi connectivity index (χ4n) is 6.72. The van der Waals surface area contributed by atoms with Crippen molar-refractivity contribution in [1.82, 2.24) is 0 Å². The number of epoxide rings is 2. The maximum atomic E-state index is 13.2. The molecule has 2 atom stereocenters. The van der Waals surface area contributed by atoms with E-state index in [0.29, 0.717) is 41.4 Å². The third-order valence-corrected chi connectivity index (χ3v) is 9.70. The molecule has 0 spiro atoms. The summed E-state index contributed by atoms with van der Waals surface area (Å²) in [4.78, 5) is 26.4. The second-order valence-electron chi connectivity index (χ2n) is 13.7. The lowest BCUT2D eigenvalue weighted by Gasteiger charge is -2.22. The fraction of sp³-hybridized carbons (Fsp3) is 0.366. The third kappa shape index (κ3) is 7.03. The zero-order valence-electron chi connectivity index (χ0n) is 28.1. The van der Waals surface area contributed by atoms with Gasteiger partial charge in [-0.3, -0.25) is 0 Å². The molecule has 248 valence electrons. The zero-order chi connectivity index (χ0) is 33.4. The Morgan fingerprint density at radius 1 is 0.688 bits per heavy atom. The van der Waals surface area contributed by atoms with E-state index >= 15 is 0 Å². The minimum absolute atomic E-state index is 0.369. The Labute approximate surface area is 282 Å². The number of ether oxygens (including phenoxy) is 5. The molecule has 2 aliphatic heterocycles. The van der Waals surface area contributed by atoms with Crippen LogP contribution in [0, 0.1) is 13.8 Å². The molecule has 1 aliphatic carbocycles. The minimum Gasteiger partial charge on any atom is -0.494 e. The van der Waals surface area contributed by atoms with Crippen LogP contribution in [0.2, 0.25) is 0 Å². The molecule has 2 fully saturated rings. The van der Waals surface area contributed by atoms with Gasteiger partial charge in [0.1, 0.15) is 17.2 Å². The number of carbonyl (C=O) groups excluding carboxylic acids is 2. The van der Waals surface area contributed by atoms with Gasteiger partial charge in [0, 0.05) is 5.41 Å². The van der Waals surface area contributed by atoms with Crippen molar-refractivity contribution in [3.05, 3.63) is 112 Å². The van der Waals surface area contributed by atoms with Gasteiger partial charge in [0.15, 0.2) is 0 Å². The van der Waals surface area contributed by atoms with Crippen LogP contribution in [-0.2, 0) is 21.3 Å². The molecule has 7 rings (SSSR count). The highest BCUT2D eigenvalue weighted by Crippen LogP contribution is 2.50. The molecule has 0 amide bonds. The molecule has 48 heavy (non-hydrogen) atoms. The van der Waals surface area contributed by atoms with Gasteiger partial charge in [0.05, 0.1) is 43.2 Å². The summed E-state index contributed by atoms with van der Waals surface area (Å²) < 4.78 is 28.2. The first-order chi connectivity index (χ1) is 23.2. The fourth-order valence-corrected chi connectivity index (χ4v) is 6.72. The van der Waals surface area contributed by atoms with Gasteiger partial charge in [-0.25, -0.2) is 9.59 Å². The summed E-state index contributed by atoms with van der Waals surface area (Å²) in [7, 11) is 0. The molecule has 0 N–H and O–H groups in total. The smallest absolute Gasteiger partial charge is 0.343 e. The number of fused-ring (bicyclic) bond motifs is 3. The molecule has 0 saturated carbocycles. The molecule has 0 bridgehead atoms. The SMILES string of the molecule is Cc1cc(CCCC2CO2)ccc1C(=O)Oc1ccc2c(c1)C(C)(C)c1cc(OC(=O)c3ccc(OCCCC4CO4)cc3C)ccc1-2. The molecule has 3 aliphatic rings.